The highest BCUT2D eigenvalue weighted by molar-refractivity contribution is 6.30. The van der Waals surface area contributed by atoms with Crippen LogP contribution >= 0.6 is 11.6 Å². The van der Waals surface area contributed by atoms with Crippen molar-refractivity contribution in [2.45, 2.75) is 12.8 Å². The van der Waals surface area contributed by atoms with Crippen LogP contribution in [0.2, 0.25) is 5.02 Å². The minimum Gasteiger partial charge on any atom is -0.493 e. The number of anilines is 1. The summed E-state index contributed by atoms with van der Waals surface area (Å²) in [6, 6.07) is 12.1. The van der Waals surface area contributed by atoms with Crippen molar-refractivity contribution in [3.8, 4) is 11.5 Å². The lowest BCUT2D eigenvalue weighted by atomic mass is 10.1. The molecule has 0 unspecified atom stereocenters. The van der Waals surface area contributed by atoms with Gasteiger partial charge >= 0.3 is 5.97 Å². The van der Waals surface area contributed by atoms with Gasteiger partial charge in [-0.25, -0.2) is 0 Å². The summed E-state index contributed by atoms with van der Waals surface area (Å²) in [4.78, 5) is 23.6. The van der Waals surface area contributed by atoms with E-state index in [1.807, 2.05) is 6.07 Å². The number of hydrogen-bond acceptors (Lipinski definition) is 5. The summed E-state index contributed by atoms with van der Waals surface area (Å²) in [7, 11) is 3.11. The topological polar surface area (TPSA) is 73.9 Å². The monoisotopic (exact) mass is 377 g/mol. The number of rotatable bonds is 8. The molecule has 0 bridgehead atoms. The highest BCUT2D eigenvalue weighted by atomic mass is 35.5. The van der Waals surface area contributed by atoms with E-state index in [9.17, 15) is 9.59 Å². The van der Waals surface area contributed by atoms with Crippen LogP contribution < -0.4 is 14.8 Å². The number of methoxy groups -OCH3 is 2. The van der Waals surface area contributed by atoms with Crippen LogP contribution in [0.15, 0.2) is 42.5 Å². The van der Waals surface area contributed by atoms with E-state index in [1.54, 1.807) is 50.6 Å². The Bertz CT molecular complexity index is 778. The molecule has 0 aliphatic carbocycles. The molecule has 7 heteroatoms. The molecule has 0 saturated heterocycles. The van der Waals surface area contributed by atoms with Crippen molar-refractivity contribution in [2.75, 3.05) is 26.1 Å². The third kappa shape index (κ3) is 5.97. The Morgan fingerprint density at radius 2 is 1.81 bits per heavy atom. The maximum Gasteiger partial charge on any atom is 0.306 e. The van der Waals surface area contributed by atoms with E-state index in [-0.39, 0.29) is 13.0 Å². The molecule has 2 aromatic rings. The second-order valence-electron chi connectivity index (χ2n) is 5.41. The second-order valence-corrected chi connectivity index (χ2v) is 5.84. The van der Waals surface area contributed by atoms with Gasteiger partial charge in [0.05, 0.1) is 14.2 Å². The van der Waals surface area contributed by atoms with Crippen molar-refractivity contribution in [3.05, 3.63) is 53.1 Å². The Labute approximate surface area is 157 Å². The van der Waals surface area contributed by atoms with Crippen LogP contribution in [0.25, 0.3) is 0 Å². The average Bonchev–Trinajstić information content (AvgIpc) is 2.64. The molecule has 0 aliphatic rings. The third-order valence-corrected chi connectivity index (χ3v) is 3.77. The number of aryl methyl sites for hydroxylation is 1. The number of halogens is 1. The van der Waals surface area contributed by atoms with E-state index in [0.717, 1.165) is 5.56 Å². The van der Waals surface area contributed by atoms with Crippen molar-refractivity contribution >= 4 is 29.2 Å². The lowest BCUT2D eigenvalue weighted by molar-refractivity contribution is -0.147. The molecule has 138 valence electrons. The number of benzene rings is 2. The third-order valence-electron chi connectivity index (χ3n) is 3.54. The van der Waals surface area contributed by atoms with Crippen molar-refractivity contribution in [2.24, 2.45) is 0 Å². The molecule has 0 saturated carbocycles. The first kappa shape index (κ1) is 19.6. The van der Waals surface area contributed by atoms with E-state index in [0.29, 0.717) is 28.6 Å². The second kappa shape index (κ2) is 9.68. The minimum absolute atomic E-state index is 0.153. The predicted molar refractivity (Wildman–Crippen MR) is 98.9 cm³/mol. The summed E-state index contributed by atoms with van der Waals surface area (Å²) in [6.07, 6.45) is 0.620. The number of esters is 1. The molecule has 0 aliphatic heterocycles. The van der Waals surface area contributed by atoms with Crippen LogP contribution in [0.4, 0.5) is 5.69 Å². The first-order valence-electron chi connectivity index (χ1n) is 7.93. The van der Waals surface area contributed by atoms with Crippen LogP contribution in [0.5, 0.6) is 11.5 Å². The zero-order chi connectivity index (χ0) is 18.9. The van der Waals surface area contributed by atoms with Gasteiger partial charge in [-0.1, -0.05) is 23.7 Å². The molecule has 26 heavy (non-hydrogen) atoms. The summed E-state index contributed by atoms with van der Waals surface area (Å²) in [5.74, 6) is 0.337. The van der Waals surface area contributed by atoms with Gasteiger partial charge in [-0.2, -0.15) is 0 Å². The smallest absolute Gasteiger partial charge is 0.306 e. The van der Waals surface area contributed by atoms with Crippen molar-refractivity contribution in [1.29, 1.82) is 0 Å². The predicted octanol–water partition coefficient (Wildman–Crippen LogP) is 3.47. The van der Waals surface area contributed by atoms with E-state index >= 15 is 0 Å². The lowest BCUT2D eigenvalue weighted by Crippen LogP contribution is -2.21. The molecule has 0 spiro atoms. The van der Waals surface area contributed by atoms with E-state index in [1.165, 1.54) is 0 Å². The highest BCUT2D eigenvalue weighted by Crippen LogP contribution is 2.28. The number of amides is 1. The van der Waals surface area contributed by atoms with Crippen molar-refractivity contribution in [1.82, 2.24) is 0 Å². The maximum atomic E-state index is 11.8. The van der Waals surface area contributed by atoms with Crippen LogP contribution in [0.1, 0.15) is 12.0 Å². The van der Waals surface area contributed by atoms with Crippen LogP contribution in [-0.2, 0) is 20.7 Å². The van der Waals surface area contributed by atoms with Crippen molar-refractivity contribution in [3.63, 3.8) is 0 Å². The molecule has 0 atom stereocenters. The molecule has 2 aromatic carbocycles. The summed E-state index contributed by atoms with van der Waals surface area (Å²) in [6.45, 7) is -0.350. The Balaban J connectivity index is 1.77. The van der Waals surface area contributed by atoms with Gasteiger partial charge in [0.2, 0.25) is 0 Å². The number of hydrogen-bond donors (Lipinski definition) is 1. The first-order chi connectivity index (χ1) is 12.5. The fourth-order valence-electron chi connectivity index (χ4n) is 2.26. The number of carbonyl (C=O) groups excluding carboxylic acids is 2. The standard InChI is InChI=1S/C19H20ClNO5/c1-24-16-8-6-13(10-17(16)25-2)7-9-19(23)26-12-18(22)21-15-5-3-4-14(20)11-15/h3-6,8,10-11H,7,9,12H2,1-2H3,(H,21,22). The lowest BCUT2D eigenvalue weighted by Gasteiger charge is -2.10. The number of nitrogens with one attached hydrogen (secondary N) is 1. The van der Waals surface area contributed by atoms with Gasteiger partial charge in [-0.15, -0.1) is 0 Å². The summed E-state index contributed by atoms with van der Waals surface area (Å²) < 4.78 is 15.4. The fourth-order valence-corrected chi connectivity index (χ4v) is 2.45. The first-order valence-corrected chi connectivity index (χ1v) is 8.31. The Kier molecular flexibility index (Phi) is 7.29. The molecule has 0 fully saturated rings. The average molecular weight is 378 g/mol. The van der Waals surface area contributed by atoms with Gasteiger partial charge in [0, 0.05) is 17.1 Å². The number of ether oxygens (including phenoxy) is 3. The van der Waals surface area contributed by atoms with Gasteiger partial charge in [0.15, 0.2) is 18.1 Å². The molecule has 2 rings (SSSR count). The van der Waals surface area contributed by atoms with Gasteiger partial charge in [-0.3, -0.25) is 9.59 Å². The van der Waals surface area contributed by atoms with Crippen LogP contribution in [0.3, 0.4) is 0 Å². The molecule has 1 amide bonds. The molecule has 0 aromatic heterocycles. The molecular weight excluding hydrogens is 358 g/mol. The van der Waals surface area contributed by atoms with Gasteiger partial charge in [-0.05, 0) is 42.3 Å². The molecular formula is C19H20ClNO5. The zero-order valence-electron chi connectivity index (χ0n) is 14.6. The van der Waals surface area contributed by atoms with Gasteiger partial charge in [0.1, 0.15) is 0 Å². The SMILES string of the molecule is COc1ccc(CCC(=O)OCC(=O)Nc2cccc(Cl)c2)cc1OC. The van der Waals surface area contributed by atoms with E-state index < -0.39 is 11.9 Å². The molecule has 1 N–H and O–H groups in total. The highest BCUT2D eigenvalue weighted by Gasteiger charge is 2.10. The van der Waals surface area contributed by atoms with Crippen LogP contribution in [-0.4, -0.2) is 32.7 Å². The Morgan fingerprint density at radius 1 is 1.04 bits per heavy atom. The summed E-state index contributed by atoms with van der Waals surface area (Å²) >= 11 is 5.84. The normalized spacial score (nSPS) is 10.1. The Hall–Kier alpha value is -2.73. The summed E-state index contributed by atoms with van der Waals surface area (Å²) in [5.41, 5.74) is 1.45. The summed E-state index contributed by atoms with van der Waals surface area (Å²) in [5, 5.41) is 3.12. The molecule has 6 nitrogen and oxygen atoms in total. The number of carbonyl (C=O) groups is 2. The van der Waals surface area contributed by atoms with Gasteiger partial charge < -0.3 is 19.5 Å². The maximum absolute atomic E-state index is 11.8. The van der Waals surface area contributed by atoms with Crippen molar-refractivity contribution < 1.29 is 23.8 Å². The fraction of sp³-hybridized carbons (Fsp3) is 0.263. The van der Waals surface area contributed by atoms with E-state index in [4.69, 9.17) is 25.8 Å². The van der Waals surface area contributed by atoms with Gasteiger partial charge in [0.25, 0.3) is 5.91 Å². The van der Waals surface area contributed by atoms with E-state index in [2.05, 4.69) is 5.32 Å². The largest absolute Gasteiger partial charge is 0.493 e. The Morgan fingerprint density at radius 3 is 2.50 bits per heavy atom. The molecule has 0 heterocycles. The quantitative estimate of drug-likeness (QED) is 0.713. The minimum atomic E-state index is -0.457. The zero-order valence-corrected chi connectivity index (χ0v) is 15.3. The molecule has 0 radical (unpaired) electrons. The van der Waals surface area contributed by atoms with Crippen LogP contribution in [0, 0.1) is 0 Å².